The summed E-state index contributed by atoms with van der Waals surface area (Å²) in [4.78, 5) is 25.9. The topological polar surface area (TPSA) is 62.6 Å². The number of nitrogens with zero attached hydrogens (tertiary/aromatic N) is 1. The molecule has 0 aliphatic rings. The first-order valence-electron chi connectivity index (χ1n) is 8.35. The van der Waals surface area contributed by atoms with E-state index in [1.54, 1.807) is 19.2 Å². The number of benzene rings is 1. The van der Waals surface area contributed by atoms with Crippen molar-refractivity contribution in [3.63, 3.8) is 0 Å². The van der Waals surface area contributed by atoms with Crippen LogP contribution in [-0.4, -0.2) is 30.3 Å². The minimum atomic E-state index is -0.254. The molecular weight excluding hydrogens is 316 g/mol. The number of nitrogens with one attached hydrogen (secondary N) is 1. The lowest BCUT2D eigenvalue weighted by atomic mass is 9.87. The predicted molar refractivity (Wildman–Crippen MR) is 97.4 cm³/mol. The van der Waals surface area contributed by atoms with Gasteiger partial charge in [-0.2, -0.15) is 0 Å². The minimum absolute atomic E-state index is 0.0396. The fourth-order valence-electron chi connectivity index (χ4n) is 2.41. The van der Waals surface area contributed by atoms with E-state index in [4.69, 9.17) is 4.42 Å². The van der Waals surface area contributed by atoms with Gasteiger partial charge in [-0.15, -0.1) is 0 Å². The van der Waals surface area contributed by atoms with Gasteiger partial charge in [0.2, 0.25) is 5.91 Å². The number of carbonyl (C=O) groups excluding carboxylic acids is 2. The van der Waals surface area contributed by atoms with Crippen LogP contribution in [0.3, 0.4) is 0 Å². The molecule has 0 radical (unpaired) electrons. The van der Waals surface area contributed by atoms with E-state index in [1.165, 1.54) is 4.90 Å². The van der Waals surface area contributed by atoms with Gasteiger partial charge in [-0.25, -0.2) is 0 Å². The number of rotatable bonds is 5. The van der Waals surface area contributed by atoms with Crippen molar-refractivity contribution in [3.05, 3.63) is 59.0 Å². The maximum absolute atomic E-state index is 12.2. The Hall–Kier alpha value is -2.56. The first-order chi connectivity index (χ1) is 11.7. The third-order valence-electron chi connectivity index (χ3n) is 4.03. The molecule has 2 amide bonds. The molecule has 0 unspecified atom stereocenters. The smallest absolute Gasteiger partial charge is 0.251 e. The molecule has 0 aliphatic carbocycles. The van der Waals surface area contributed by atoms with Gasteiger partial charge in [0.05, 0.1) is 13.1 Å². The van der Waals surface area contributed by atoms with Crippen molar-refractivity contribution in [2.45, 2.75) is 39.7 Å². The highest BCUT2D eigenvalue weighted by molar-refractivity contribution is 5.96. The third kappa shape index (κ3) is 5.21. The molecule has 0 spiro atoms. The van der Waals surface area contributed by atoms with Crippen LogP contribution in [0, 0.1) is 6.92 Å². The Bertz CT molecular complexity index is 739. The summed E-state index contributed by atoms with van der Waals surface area (Å²) in [5, 5.41) is 2.67. The quantitative estimate of drug-likeness (QED) is 0.907. The zero-order chi connectivity index (χ0) is 18.6. The highest BCUT2D eigenvalue weighted by Crippen LogP contribution is 2.22. The van der Waals surface area contributed by atoms with Crippen LogP contribution in [0.2, 0.25) is 0 Å². The van der Waals surface area contributed by atoms with Gasteiger partial charge in [0.1, 0.15) is 11.5 Å². The van der Waals surface area contributed by atoms with Crippen LogP contribution < -0.4 is 5.32 Å². The van der Waals surface area contributed by atoms with Crippen molar-refractivity contribution >= 4 is 11.8 Å². The van der Waals surface area contributed by atoms with Crippen LogP contribution in [0.1, 0.15) is 48.2 Å². The number of carbonyl (C=O) groups is 2. The summed E-state index contributed by atoms with van der Waals surface area (Å²) in [6, 6.07) is 11.2. The highest BCUT2D eigenvalue weighted by atomic mass is 16.3. The van der Waals surface area contributed by atoms with E-state index in [0.29, 0.717) is 12.1 Å². The molecule has 1 aromatic carbocycles. The van der Waals surface area contributed by atoms with Crippen molar-refractivity contribution in [3.8, 4) is 0 Å². The molecule has 5 heteroatoms. The van der Waals surface area contributed by atoms with Gasteiger partial charge >= 0.3 is 0 Å². The Labute approximate surface area is 149 Å². The zero-order valence-corrected chi connectivity index (χ0v) is 15.6. The van der Waals surface area contributed by atoms with Crippen molar-refractivity contribution in [2.75, 3.05) is 13.6 Å². The van der Waals surface area contributed by atoms with E-state index >= 15 is 0 Å². The molecule has 0 saturated heterocycles. The molecule has 2 rings (SSSR count). The monoisotopic (exact) mass is 342 g/mol. The van der Waals surface area contributed by atoms with E-state index in [2.05, 4.69) is 26.1 Å². The van der Waals surface area contributed by atoms with Crippen LogP contribution in [0.15, 0.2) is 40.8 Å². The number of furan rings is 1. The number of hydrogen-bond donors (Lipinski definition) is 1. The maximum Gasteiger partial charge on any atom is 0.251 e. The standard InChI is InChI=1S/C20H26N2O3/c1-14-6-11-17(25-14)13-22(5)18(23)12-21-19(24)15-7-9-16(10-8-15)20(2,3)4/h6-11H,12-13H2,1-5H3,(H,21,24). The second-order valence-electron chi connectivity index (χ2n) is 7.27. The summed E-state index contributed by atoms with van der Waals surface area (Å²) in [7, 11) is 1.68. The van der Waals surface area contributed by atoms with Crippen LogP contribution in [0.25, 0.3) is 0 Å². The molecule has 134 valence electrons. The molecule has 0 bridgehead atoms. The summed E-state index contributed by atoms with van der Waals surface area (Å²) in [5.74, 6) is 1.10. The first kappa shape index (κ1) is 18.8. The van der Waals surface area contributed by atoms with Crippen molar-refractivity contribution in [1.29, 1.82) is 0 Å². The molecule has 25 heavy (non-hydrogen) atoms. The lowest BCUT2D eigenvalue weighted by molar-refractivity contribution is -0.129. The molecule has 1 heterocycles. The largest absolute Gasteiger partial charge is 0.464 e. The average molecular weight is 342 g/mol. The molecular formula is C20H26N2O3. The van der Waals surface area contributed by atoms with Gasteiger partial charge in [0, 0.05) is 12.6 Å². The lowest BCUT2D eigenvalue weighted by Crippen LogP contribution is -2.37. The molecule has 1 aromatic heterocycles. The van der Waals surface area contributed by atoms with Crippen LogP contribution in [0.5, 0.6) is 0 Å². The van der Waals surface area contributed by atoms with E-state index in [9.17, 15) is 9.59 Å². The fraction of sp³-hybridized carbons (Fsp3) is 0.400. The Balaban J connectivity index is 1.87. The van der Waals surface area contributed by atoms with Gasteiger partial charge in [-0.1, -0.05) is 32.9 Å². The van der Waals surface area contributed by atoms with E-state index in [0.717, 1.165) is 17.1 Å². The molecule has 1 N–H and O–H groups in total. The summed E-state index contributed by atoms with van der Waals surface area (Å²) in [5.41, 5.74) is 1.75. The SMILES string of the molecule is Cc1ccc(CN(C)C(=O)CNC(=O)c2ccc(C(C)(C)C)cc2)o1. The molecule has 0 fully saturated rings. The second kappa shape index (κ2) is 7.55. The molecule has 0 atom stereocenters. The Kier molecular flexibility index (Phi) is 5.67. The normalized spacial score (nSPS) is 11.2. The summed E-state index contributed by atoms with van der Waals surface area (Å²) >= 11 is 0. The van der Waals surface area contributed by atoms with Crippen molar-refractivity contribution < 1.29 is 14.0 Å². The maximum atomic E-state index is 12.2. The van der Waals surface area contributed by atoms with Crippen LogP contribution >= 0.6 is 0 Å². The van der Waals surface area contributed by atoms with Gasteiger partial charge in [0.25, 0.3) is 5.91 Å². The number of likely N-dealkylation sites (N-methyl/N-ethyl adjacent to an activating group) is 1. The minimum Gasteiger partial charge on any atom is -0.464 e. The second-order valence-corrected chi connectivity index (χ2v) is 7.27. The number of aryl methyl sites for hydroxylation is 1. The van der Waals surface area contributed by atoms with Crippen molar-refractivity contribution in [2.24, 2.45) is 0 Å². The average Bonchev–Trinajstić information content (AvgIpc) is 2.96. The van der Waals surface area contributed by atoms with Gasteiger partial charge in [-0.3, -0.25) is 9.59 Å². The van der Waals surface area contributed by atoms with Crippen molar-refractivity contribution in [1.82, 2.24) is 10.2 Å². The predicted octanol–water partition coefficient (Wildman–Crippen LogP) is 3.27. The summed E-state index contributed by atoms with van der Waals surface area (Å²) in [6.07, 6.45) is 0. The van der Waals surface area contributed by atoms with Gasteiger partial charge in [0.15, 0.2) is 0 Å². The highest BCUT2D eigenvalue weighted by Gasteiger charge is 2.16. The Morgan fingerprint density at radius 2 is 1.72 bits per heavy atom. The van der Waals surface area contributed by atoms with Gasteiger partial charge < -0.3 is 14.6 Å². The Morgan fingerprint density at radius 1 is 1.08 bits per heavy atom. The zero-order valence-electron chi connectivity index (χ0n) is 15.6. The van der Waals surface area contributed by atoms with E-state index in [-0.39, 0.29) is 23.8 Å². The first-order valence-corrected chi connectivity index (χ1v) is 8.35. The molecule has 0 aliphatic heterocycles. The molecule has 5 nitrogen and oxygen atoms in total. The lowest BCUT2D eigenvalue weighted by Gasteiger charge is -2.19. The van der Waals surface area contributed by atoms with Gasteiger partial charge in [-0.05, 0) is 42.2 Å². The summed E-state index contributed by atoms with van der Waals surface area (Å²) < 4.78 is 5.46. The van der Waals surface area contributed by atoms with E-state index in [1.807, 2.05) is 31.2 Å². The van der Waals surface area contributed by atoms with Crippen LogP contribution in [-0.2, 0) is 16.8 Å². The number of amides is 2. The third-order valence-corrected chi connectivity index (χ3v) is 4.03. The van der Waals surface area contributed by atoms with Crippen LogP contribution in [0.4, 0.5) is 0 Å². The Morgan fingerprint density at radius 3 is 2.24 bits per heavy atom. The molecule has 0 saturated carbocycles. The number of hydrogen-bond acceptors (Lipinski definition) is 3. The molecule has 2 aromatic rings. The fourth-order valence-corrected chi connectivity index (χ4v) is 2.41. The summed E-state index contributed by atoms with van der Waals surface area (Å²) in [6.45, 7) is 8.56. The van der Waals surface area contributed by atoms with E-state index < -0.39 is 0 Å².